The van der Waals surface area contributed by atoms with E-state index in [4.69, 9.17) is 4.74 Å². The first-order valence-electron chi connectivity index (χ1n) is 6.47. The summed E-state index contributed by atoms with van der Waals surface area (Å²) in [5.74, 6) is 0.527. The maximum absolute atomic E-state index is 12.1. The Morgan fingerprint density at radius 3 is 2.73 bits per heavy atom. The van der Waals surface area contributed by atoms with Crippen molar-refractivity contribution in [1.82, 2.24) is 24.8 Å². The molecule has 0 fully saturated rings. The third kappa shape index (κ3) is 2.86. The molecule has 2 aromatic heterocycles. The second kappa shape index (κ2) is 6.26. The van der Waals surface area contributed by atoms with E-state index in [-0.39, 0.29) is 12.3 Å². The van der Waals surface area contributed by atoms with Crippen molar-refractivity contribution in [2.75, 3.05) is 0 Å². The molecule has 8 heteroatoms. The molecule has 0 atom stereocenters. The van der Waals surface area contributed by atoms with E-state index in [1.807, 2.05) is 30.3 Å². The smallest absolute Gasteiger partial charge is 0.368 e. The van der Waals surface area contributed by atoms with Crippen LogP contribution in [0.4, 0.5) is 0 Å². The van der Waals surface area contributed by atoms with E-state index in [0.717, 1.165) is 9.13 Å². The van der Waals surface area contributed by atoms with Gasteiger partial charge in [-0.3, -0.25) is 0 Å². The van der Waals surface area contributed by atoms with E-state index in [1.165, 1.54) is 9.36 Å². The van der Waals surface area contributed by atoms with Crippen molar-refractivity contribution in [3.63, 3.8) is 0 Å². The zero-order valence-electron chi connectivity index (χ0n) is 11.7. The fourth-order valence-electron chi connectivity index (χ4n) is 1.93. The van der Waals surface area contributed by atoms with Crippen LogP contribution in [0.15, 0.2) is 47.4 Å². The molecule has 0 amide bonds. The first-order valence-corrected chi connectivity index (χ1v) is 7.55. The molecule has 22 heavy (non-hydrogen) atoms. The van der Waals surface area contributed by atoms with Crippen LogP contribution in [-0.4, -0.2) is 24.8 Å². The van der Waals surface area contributed by atoms with Gasteiger partial charge < -0.3 is 4.74 Å². The topological polar surface area (TPSA) is 74.8 Å². The van der Waals surface area contributed by atoms with Crippen LogP contribution in [0.1, 0.15) is 5.56 Å². The number of pyridine rings is 1. The zero-order chi connectivity index (χ0) is 15.5. The molecule has 2 heterocycles. The third-order valence-electron chi connectivity index (χ3n) is 3.05. The van der Waals surface area contributed by atoms with Gasteiger partial charge in [-0.05, 0) is 51.2 Å². The summed E-state index contributed by atoms with van der Waals surface area (Å²) in [6.45, 7) is 0.286. The van der Waals surface area contributed by atoms with Crippen molar-refractivity contribution in [1.29, 1.82) is 0 Å². The summed E-state index contributed by atoms with van der Waals surface area (Å²) >= 11 is 2.20. The van der Waals surface area contributed by atoms with Gasteiger partial charge in [0.15, 0.2) is 0 Å². The molecule has 3 aromatic rings. The molecule has 112 valence electrons. The highest BCUT2D eigenvalue weighted by molar-refractivity contribution is 14.1. The summed E-state index contributed by atoms with van der Waals surface area (Å²) in [5.41, 5.74) is 1.21. The molecule has 0 N–H and O–H groups in total. The molecular weight excluding hydrogens is 397 g/mol. The van der Waals surface area contributed by atoms with Crippen LogP contribution < -0.4 is 10.4 Å². The van der Waals surface area contributed by atoms with E-state index in [1.54, 1.807) is 19.3 Å². The lowest BCUT2D eigenvalue weighted by atomic mass is 10.2. The first-order chi connectivity index (χ1) is 10.7. The Balaban J connectivity index is 1.97. The van der Waals surface area contributed by atoms with Gasteiger partial charge in [0.1, 0.15) is 6.61 Å². The number of aromatic nitrogens is 5. The van der Waals surface area contributed by atoms with Crippen LogP contribution >= 0.6 is 22.6 Å². The van der Waals surface area contributed by atoms with Crippen LogP contribution in [-0.2, 0) is 13.7 Å². The molecule has 0 radical (unpaired) electrons. The fourth-order valence-corrected chi connectivity index (χ4v) is 2.57. The second-order valence-electron chi connectivity index (χ2n) is 4.49. The lowest BCUT2D eigenvalue weighted by Crippen LogP contribution is -2.23. The van der Waals surface area contributed by atoms with Crippen LogP contribution in [0.3, 0.4) is 0 Å². The van der Waals surface area contributed by atoms with Crippen LogP contribution in [0.2, 0.25) is 0 Å². The number of aryl methyl sites for hydroxylation is 1. The summed E-state index contributed by atoms with van der Waals surface area (Å²) in [4.78, 5) is 16.2. The molecule has 0 unspecified atom stereocenters. The highest BCUT2D eigenvalue weighted by Crippen LogP contribution is 2.21. The molecule has 1 aromatic carbocycles. The largest absolute Gasteiger partial charge is 0.473 e. The number of ether oxygens (including phenoxy) is 1. The molecule has 7 nitrogen and oxygen atoms in total. The Labute approximate surface area is 139 Å². The lowest BCUT2D eigenvalue weighted by molar-refractivity contribution is 0.292. The quantitative estimate of drug-likeness (QED) is 0.612. The van der Waals surface area contributed by atoms with E-state index in [9.17, 15) is 4.79 Å². The Hall–Kier alpha value is -2.23. The first kappa shape index (κ1) is 14.7. The lowest BCUT2D eigenvalue weighted by Gasteiger charge is -2.11. The van der Waals surface area contributed by atoms with E-state index in [0.29, 0.717) is 11.6 Å². The van der Waals surface area contributed by atoms with Gasteiger partial charge in [0.05, 0.1) is 5.69 Å². The van der Waals surface area contributed by atoms with Gasteiger partial charge in [0, 0.05) is 28.4 Å². The predicted molar refractivity (Wildman–Crippen MR) is 87.9 cm³/mol. The summed E-state index contributed by atoms with van der Waals surface area (Å²) in [6.07, 6.45) is 1.67. The highest BCUT2D eigenvalue weighted by Gasteiger charge is 2.14. The Morgan fingerprint density at radius 2 is 2.05 bits per heavy atom. The van der Waals surface area contributed by atoms with Gasteiger partial charge >= 0.3 is 5.69 Å². The second-order valence-corrected chi connectivity index (χ2v) is 5.65. The summed E-state index contributed by atoms with van der Waals surface area (Å²) in [7, 11) is 1.56. The number of hydrogen-bond acceptors (Lipinski definition) is 5. The maximum Gasteiger partial charge on any atom is 0.368 e. The Bertz CT molecular complexity index is 844. The molecule has 0 aliphatic carbocycles. The molecule has 3 rings (SSSR count). The number of tetrazole rings is 1. The Morgan fingerprint density at radius 1 is 1.18 bits per heavy atom. The predicted octanol–water partition coefficient (Wildman–Crippen LogP) is 1.54. The number of nitrogens with zero attached hydrogens (tertiary/aromatic N) is 5. The van der Waals surface area contributed by atoms with Crippen molar-refractivity contribution in [2.24, 2.45) is 7.05 Å². The number of hydrogen-bond donors (Lipinski definition) is 0. The van der Waals surface area contributed by atoms with Gasteiger partial charge in [0.25, 0.3) is 0 Å². The van der Waals surface area contributed by atoms with Crippen LogP contribution in [0.25, 0.3) is 5.69 Å². The molecule has 0 bridgehead atoms. The molecule has 0 aliphatic rings. The molecule has 0 aliphatic heterocycles. The van der Waals surface area contributed by atoms with Gasteiger partial charge in [-0.15, -0.1) is 0 Å². The Kier molecular flexibility index (Phi) is 4.18. The number of halogens is 1. The van der Waals surface area contributed by atoms with Crippen LogP contribution in [0, 0.1) is 3.57 Å². The summed E-state index contributed by atoms with van der Waals surface area (Å²) in [6, 6.07) is 11.1. The van der Waals surface area contributed by atoms with Gasteiger partial charge in [-0.2, -0.15) is 9.36 Å². The van der Waals surface area contributed by atoms with E-state index >= 15 is 0 Å². The highest BCUT2D eigenvalue weighted by atomic mass is 127. The molecule has 0 saturated carbocycles. The maximum atomic E-state index is 12.1. The van der Waals surface area contributed by atoms with Crippen molar-refractivity contribution < 1.29 is 4.74 Å². The minimum atomic E-state index is -0.305. The average molecular weight is 409 g/mol. The van der Waals surface area contributed by atoms with Crippen molar-refractivity contribution in [3.05, 3.63) is 62.2 Å². The number of benzene rings is 1. The van der Waals surface area contributed by atoms with E-state index < -0.39 is 0 Å². The zero-order valence-corrected chi connectivity index (χ0v) is 13.8. The van der Waals surface area contributed by atoms with Gasteiger partial charge in [-0.25, -0.2) is 9.78 Å². The molecule has 0 saturated heterocycles. The number of rotatable bonds is 4. The average Bonchev–Trinajstić information content (AvgIpc) is 2.86. The van der Waals surface area contributed by atoms with Gasteiger partial charge in [0.2, 0.25) is 5.88 Å². The fraction of sp³-hybridized carbons (Fsp3) is 0.143. The van der Waals surface area contributed by atoms with Crippen molar-refractivity contribution >= 4 is 22.6 Å². The van der Waals surface area contributed by atoms with Crippen molar-refractivity contribution in [3.8, 4) is 11.6 Å². The molecule has 0 spiro atoms. The SMILES string of the molecule is Cn1nnn(-c2cccc(I)c2COc2ccccn2)c1=O. The molecular formula is C14H12IN5O2. The van der Waals surface area contributed by atoms with Crippen molar-refractivity contribution in [2.45, 2.75) is 6.61 Å². The van der Waals surface area contributed by atoms with Gasteiger partial charge in [-0.1, -0.05) is 12.1 Å². The van der Waals surface area contributed by atoms with E-state index in [2.05, 4.69) is 38.0 Å². The minimum absolute atomic E-state index is 0.286. The summed E-state index contributed by atoms with van der Waals surface area (Å²) < 4.78 is 9.12. The normalized spacial score (nSPS) is 10.6. The van der Waals surface area contributed by atoms with Crippen LogP contribution in [0.5, 0.6) is 5.88 Å². The minimum Gasteiger partial charge on any atom is -0.473 e. The monoisotopic (exact) mass is 409 g/mol. The third-order valence-corrected chi connectivity index (χ3v) is 4.06. The standard InChI is InChI=1S/C14H12IN5O2/c1-19-14(21)20(18-17-19)12-6-4-5-11(15)10(12)9-22-13-7-2-3-8-16-13/h2-8H,9H2,1H3. The summed E-state index contributed by atoms with van der Waals surface area (Å²) in [5, 5.41) is 7.63.